The van der Waals surface area contributed by atoms with Crippen LogP contribution < -0.4 is 15.4 Å². The van der Waals surface area contributed by atoms with Gasteiger partial charge in [0.05, 0.1) is 7.11 Å². The highest BCUT2D eigenvalue weighted by molar-refractivity contribution is 7.80. The van der Waals surface area contributed by atoms with Gasteiger partial charge in [-0.05, 0) is 43.4 Å². The van der Waals surface area contributed by atoms with Crippen LogP contribution in [0.1, 0.15) is 5.69 Å². The quantitative estimate of drug-likeness (QED) is 0.742. The summed E-state index contributed by atoms with van der Waals surface area (Å²) in [6.45, 7) is 1.93. The molecule has 0 atom stereocenters. The number of rotatable bonds is 3. The second-order valence-electron chi connectivity index (χ2n) is 3.74. The van der Waals surface area contributed by atoms with Crippen LogP contribution in [-0.4, -0.2) is 22.4 Å². The SMILES string of the molecule is COc1ccc(NC(=S)Nc2cc(C)[nH]n2)cc1. The highest BCUT2D eigenvalue weighted by Crippen LogP contribution is 2.15. The van der Waals surface area contributed by atoms with Crippen molar-refractivity contribution in [3.8, 4) is 5.75 Å². The van der Waals surface area contributed by atoms with E-state index in [0.29, 0.717) is 10.9 Å². The van der Waals surface area contributed by atoms with E-state index in [0.717, 1.165) is 17.1 Å². The topological polar surface area (TPSA) is 62.0 Å². The number of hydrogen-bond donors (Lipinski definition) is 3. The number of aromatic nitrogens is 2. The Kier molecular flexibility index (Phi) is 3.78. The Hall–Kier alpha value is -2.08. The first kappa shape index (κ1) is 12.4. The van der Waals surface area contributed by atoms with Crippen molar-refractivity contribution < 1.29 is 4.74 Å². The van der Waals surface area contributed by atoms with E-state index in [1.165, 1.54) is 0 Å². The molecule has 1 heterocycles. The number of hydrogen-bond acceptors (Lipinski definition) is 3. The summed E-state index contributed by atoms with van der Waals surface area (Å²) in [5.41, 5.74) is 1.87. The van der Waals surface area contributed by atoms with Crippen molar-refractivity contribution in [3.63, 3.8) is 0 Å². The van der Waals surface area contributed by atoms with Crippen LogP contribution in [0.4, 0.5) is 11.5 Å². The lowest BCUT2D eigenvalue weighted by Gasteiger charge is -2.08. The fourth-order valence-electron chi connectivity index (χ4n) is 1.44. The number of ether oxygens (including phenoxy) is 1. The maximum atomic E-state index is 5.18. The third-order valence-corrected chi connectivity index (χ3v) is 2.50. The number of nitrogens with one attached hydrogen (secondary N) is 3. The first-order valence-electron chi connectivity index (χ1n) is 5.41. The maximum Gasteiger partial charge on any atom is 0.176 e. The molecule has 2 rings (SSSR count). The molecule has 94 valence electrons. The third-order valence-electron chi connectivity index (χ3n) is 2.30. The van der Waals surface area contributed by atoms with Crippen molar-refractivity contribution in [2.45, 2.75) is 6.92 Å². The van der Waals surface area contributed by atoms with E-state index in [1.54, 1.807) is 7.11 Å². The lowest BCUT2D eigenvalue weighted by Crippen LogP contribution is -2.19. The number of H-pyrrole nitrogens is 1. The summed E-state index contributed by atoms with van der Waals surface area (Å²) in [5, 5.41) is 13.4. The van der Waals surface area contributed by atoms with Crippen LogP contribution in [0.5, 0.6) is 5.75 Å². The summed E-state index contributed by atoms with van der Waals surface area (Å²) < 4.78 is 5.08. The van der Waals surface area contributed by atoms with Crippen LogP contribution in [0.2, 0.25) is 0 Å². The van der Waals surface area contributed by atoms with Gasteiger partial charge in [-0.15, -0.1) is 0 Å². The van der Waals surface area contributed by atoms with Crippen LogP contribution in [0.15, 0.2) is 30.3 Å². The molecule has 1 aromatic carbocycles. The predicted molar refractivity (Wildman–Crippen MR) is 76.2 cm³/mol. The standard InChI is InChI=1S/C12H14N4OS/c1-8-7-11(16-15-8)14-12(18)13-9-3-5-10(17-2)6-4-9/h3-7H,1-2H3,(H3,13,14,15,16,18). The van der Waals surface area contributed by atoms with Crippen LogP contribution in [-0.2, 0) is 0 Å². The second-order valence-corrected chi connectivity index (χ2v) is 4.15. The van der Waals surface area contributed by atoms with Crippen molar-refractivity contribution in [2.75, 3.05) is 17.7 Å². The minimum Gasteiger partial charge on any atom is -0.497 e. The molecule has 0 radical (unpaired) electrons. The van der Waals surface area contributed by atoms with E-state index in [2.05, 4.69) is 20.8 Å². The summed E-state index contributed by atoms with van der Waals surface area (Å²) in [5.74, 6) is 1.50. The zero-order valence-electron chi connectivity index (χ0n) is 10.2. The van der Waals surface area contributed by atoms with Gasteiger partial charge in [-0.2, -0.15) is 5.10 Å². The lowest BCUT2D eigenvalue weighted by atomic mass is 10.3. The minimum atomic E-state index is 0.492. The van der Waals surface area contributed by atoms with Gasteiger partial charge in [0.15, 0.2) is 10.9 Å². The number of benzene rings is 1. The molecule has 0 saturated heterocycles. The van der Waals surface area contributed by atoms with Gasteiger partial charge < -0.3 is 15.4 Å². The van der Waals surface area contributed by atoms with Crippen molar-refractivity contribution in [3.05, 3.63) is 36.0 Å². The molecule has 0 fully saturated rings. The monoisotopic (exact) mass is 262 g/mol. The number of methoxy groups -OCH3 is 1. The molecule has 0 unspecified atom stereocenters. The Bertz CT molecular complexity index is 535. The third kappa shape index (κ3) is 3.21. The molecule has 2 aromatic rings. The van der Waals surface area contributed by atoms with E-state index >= 15 is 0 Å². The summed E-state index contributed by atoms with van der Waals surface area (Å²) in [6, 6.07) is 9.39. The summed E-state index contributed by atoms with van der Waals surface area (Å²) in [7, 11) is 1.63. The number of nitrogens with zero attached hydrogens (tertiary/aromatic N) is 1. The molecular weight excluding hydrogens is 248 g/mol. The van der Waals surface area contributed by atoms with Crippen molar-refractivity contribution in [1.29, 1.82) is 0 Å². The summed E-state index contributed by atoms with van der Waals surface area (Å²) in [4.78, 5) is 0. The Morgan fingerprint density at radius 2 is 2.00 bits per heavy atom. The highest BCUT2D eigenvalue weighted by atomic mass is 32.1. The fraction of sp³-hybridized carbons (Fsp3) is 0.167. The zero-order chi connectivity index (χ0) is 13.0. The van der Waals surface area contributed by atoms with Crippen LogP contribution in [0, 0.1) is 6.92 Å². The molecule has 3 N–H and O–H groups in total. The molecule has 0 spiro atoms. The zero-order valence-corrected chi connectivity index (χ0v) is 11.0. The number of thiocarbonyl (C=S) groups is 1. The molecular formula is C12H14N4OS. The van der Waals surface area contributed by atoms with Crippen molar-refractivity contribution >= 4 is 28.8 Å². The highest BCUT2D eigenvalue weighted by Gasteiger charge is 2.01. The van der Waals surface area contributed by atoms with Crippen LogP contribution >= 0.6 is 12.2 Å². The molecule has 18 heavy (non-hydrogen) atoms. The fourth-order valence-corrected chi connectivity index (χ4v) is 1.66. The molecule has 0 saturated carbocycles. The molecule has 0 aliphatic carbocycles. The largest absolute Gasteiger partial charge is 0.497 e. The van der Waals surface area contributed by atoms with E-state index in [4.69, 9.17) is 17.0 Å². The lowest BCUT2D eigenvalue weighted by molar-refractivity contribution is 0.415. The van der Waals surface area contributed by atoms with Gasteiger partial charge in [-0.3, -0.25) is 5.10 Å². The van der Waals surface area contributed by atoms with Crippen molar-refractivity contribution in [2.24, 2.45) is 0 Å². The van der Waals surface area contributed by atoms with Gasteiger partial charge in [0.2, 0.25) is 0 Å². The number of anilines is 2. The molecule has 1 aromatic heterocycles. The van der Waals surface area contributed by atoms with Gasteiger partial charge in [-0.1, -0.05) is 0 Å². The van der Waals surface area contributed by atoms with E-state index in [-0.39, 0.29) is 0 Å². The Morgan fingerprint density at radius 1 is 1.28 bits per heavy atom. The number of aryl methyl sites for hydroxylation is 1. The number of aromatic amines is 1. The summed E-state index contributed by atoms with van der Waals surface area (Å²) >= 11 is 5.18. The Morgan fingerprint density at radius 3 is 2.56 bits per heavy atom. The van der Waals surface area contributed by atoms with Gasteiger partial charge >= 0.3 is 0 Å². The first-order valence-corrected chi connectivity index (χ1v) is 5.82. The molecule has 0 aliphatic heterocycles. The predicted octanol–water partition coefficient (Wildman–Crippen LogP) is 2.54. The molecule has 6 heteroatoms. The van der Waals surface area contributed by atoms with E-state index in [1.807, 2.05) is 37.3 Å². The van der Waals surface area contributed by atoms with Gasteiger partial charge in [0.25, 0.3) is 0 Å². The molecule has 5 nitrogen and oxygen atoms in total. The van der Waals surface area contributed by atoms with Crippen molar-refractivity contribution in [1.82, 2.24) is 10.2 Å². The van der Waals surface area contributed by atoms with E-state index < -0.39 is 0 Å². The Balaban J connectivity index is 1.94. The average Bonchev–Trinajstić information content (AvgIpc) is 2.75. The first-order chi connectivity index (χ1) is 8.67. The van der Waals surface area contributed by atoms with Crippen LogP contribution in [0.25, 0.3) is 0 Å². The van der Waals surface area contributed by atoms with Crippen LogP contribution in [0.3, 0.4) is 0 Å². The smallest absolute Gasteiger partial charge is 0.176 e. The summed E-state index contributed by atoms with van der Waals surface area (Å²) in [6.07, 6.45) is 0. The molecule has 0 bridgehead atoms. The normalized spacial score (nSPS) is 9.89. The average molecular weight is 262 g/mol. The van der Waals surface area contributed by atoms with Gasteiger partial charge in [0, 0.05) is 17.4 Å². The minimum absolute atomic E-state index is 0.492. The van der Waals surface area contributed by atoms with Gasteiger partial charge in [-0.25, -0.2) is 0 Å². The molecule has 0 aliphatic rings. The second kappa shape index (κ2) is 5.50. The maximum absolute atomic E-state index is 5.18. The van der Waals surface area contributed by atoms with Gasteiger partial charge in [0.1, 0.15) is 5.75 Å². The molecule has 0 amide bonds. The Labute approximate surface area is 111 Å². The van der Waals surface area contributed by atoms with E-state index in [9.17, 15) is 0 Å².